The van der Waals surface area contributed by atoms with Gasteiger partial charge in [0.2, 0.25) is 0 Å². The Morgan fingerprint density at radius 2 is 1.47 bits per heavy atom. The molecule has 0 spiro atoms. The third kappa shape index (κ3) is 9.19. The predicted octanol–water partition coefficient (Wildman–Crippen LogP) is -2.03. The number of ether oxygens (including phenoxy) is 6. The number of aliphatic hydroxyl groups excluding tert-OH is 4. The Morgan fingerprint density at radius 3 is 1.94 bits per heavy atom. The average molecular weight is 590 g/mol. The SMILES string of the molecule is CC(=O)O.CC(=O)OC[C@H]1O[CH][C@H](OC(C)=O)[C@@H](OC(C)=O)[C@@H]1O[C@@]1(Br)O[C@H](CO)[C@@H](O)[C@H](O)[C@H]1O. The van der Waals surface area contributed by atoms with Crippen molar-refractivity contribution in [2.75, 3.05) is 13.2 Å². The smallest absolute Gasteiger partial charge is 0.303 e. The number of carboxylic acids is 1. The number of carbonyl (C=O) groups is 4. The second-order valence-corrected chi connectivity index (χ2v) is 8.82. The first-order chi connectivity index (χ1) is 16.6. The molecule has 0 aromatic carbocycles. The van der Waals surface area contributed by atoms with Crippen LogP contribution in [0.2, 0.25) is 0 Å². The number of rotatable bonds is 7. The number of aliphatic carboxylic acids is 1. The zero-order chi connectivity index (χ0) is 27.8. The van der Waals surface area contributed by atoms with Gasteiger partial charge >= 0.3 is 17.9 Å². The molecule has 2 rings (SSSR count). The lowest BCUT2D eigenvalue weighted by Gasteiger charge is -2.49. The summed E-state index contributed by atoms with van der Waals surface area (Å²) >= 11 is 3.02. The van der Waals surface area contributed by atoms with Crippen LogP contribution in [-0.2, 0) is 47.6 Å². The van der Waals surface area contributed by atoms with Gasteiger partial charge in [0.15, 0.2) is 12.2 Å². The van der Waals surface area contributed by atoms with Gasteiger partial charge in [-0.1, -0.05) is 0 Å². The van der Waals surface area contributed by atoms with Crippen LogP contribution in [0.25, 0.3) is 0 Å². The maximum atomic E-state index is 11.7. The molecule has 0 aromatic rings. The molecular formula is C20H30BrO15. The summed E-state index contributed by atoms with van der Waals surface area (Å²) in [6, 6.07) is 0. The van der Waals surface area contributed by atoms with Crippen LogP contribution in [0, 0.1) is 6.61 Å². The Balaban J connectivity index is 0.00000150. The summed E-state index contributed by atoms with van der Waals surface area (Å²) in [6.07, 6.45) is -11.9. The zero-order valence-corrected chi connectivity index (χ0v) is 21.4. The first kappa shape index (κ1) is 32.1. The van der Waals surface area contributed by atoms with Crippen LogP contribution < -0.4 is 0 Å². The van der Waals surface area contributed by atoms with Gasteiger partial charge in [-0.05, 0) is 15.9 Å². The molecule has 2 heterocycles. The summed E-state index contributed by atoms with van der Waals surface area (Å²) in [6.45, 7) is 4.37. The van der Waals surface area contributed by atoms with E-state index in [2.05, 4.69) is 15.9 Å². The fourth-order valence-electron chi connectivity index (χ4n) is 3.21. The van der Waals surface area contributed by atoms with Crippen LogP contribution >= 0.6 is 15.9 Å². The van der Waals surface area contributed by atoms with Crippen LogP contribution in [0.4, 0.5) is 0 Å². The molecule has 0 aromatic heterocycles. The fraction of sp³-hybridized carbons (Fsp3) is 0.750. The van der Waals surface area contributed by atoms with Gasteiger partial charge in [-0.15, -0.1) is 0 Å². The van der Waals surface area contributed by atoms with Gasteiger partial charge in [0.25, 0.3) is 10.7 Å². The molecule has 16 heteroatoms. The van der Waals surface area contributed by atoms with E-state index in [0.717, 1.165) is 34.3 Å². The Kier molecular flexibility index (Phi) is 12.6. The van der Waals surface area contributed by atoms with Gasteiger partial charge in [-0.3, -0.25) is 19.2 Å². The fourth-order valence-corrected chi connectivity index (χ4v) is 3.93. The number of alkyl halides is 1. The van der Waals surface area contributed by atoms with Crippen molar-refractivity contribution in [3.05, 3.63) is 6.61 Å². The minimum atomic E-state index is -2.24. The number of carbonyl (C=O) groups excluding carboxylic acids is 3. The van der Waals surface area contributed by atoms with E-state index in [4.69, 9.17) is 38.3 Å². The molecule has 2 fully saturated rings. The average Bonchev–Trinajstić information content (AvgIpc) is 2.75. The Bertz CT molecular complexity index is 772. The molecule has 9 atom stereocenters. The van der Waals surface area contributed by atoms with Gasteiger partial charge in [0, 0.05) is 27.7 Å². The summed E-state index contributed by atoms with van der Waals surface area (Å²) in [5, 5.41) is 47.5. The zero-order valence-electron chi connectivity index (χ0n) is 19.8. The van der Waals surface area contributed by atoms with Crippen molar-refractivity contribution in [2.45, 2.75) is 81.2 Å². The molecule has 5 N–H and O–H groups in total. The highest BCUT2D eigenvalue weighted by Gasteiger charge is 2.57. The van der Waals surface area contributed by atoms with E-state index in [1.54, 1.807) is 0 Å². The van der Waals surface area contributed by atoms with Gasteiger partial charge < -0.3 is 54.0 Å². The Labute approximate surface area is 214 Å². The highest BCUT2D eigenvalue weighted by molar-refractivity contribution is 9.10. The third-order valence-corrected chi connectivity index (χ3v) is 5.50. The summed E-state index contributed by atoms with van der Waals surface area (Å²) in [5.74, 6) is -3.00. The van der Waals surface area contributed by atoms with E-state index in [1.807, 2.05) is 0 Å². The number of hydrogen-bond donors (Lipinski definition) is 5. The summed E-state index contributed by atoms with van der Waals surface area (Å²) in [5.41, 5.74) is 0. The van der Waals surface area contributed by atoms with E-state index < -0.39 is 90.6 Å². The van der Waals surface area contributed by atoms with Crippen LogP contribution in [0.1, 0.15) is 27.7 Å². The molecule has 2 saturated heterocycles. The predicted molar refractivity (Wildman–Crippen MR) is 117 cm³/mol. The maximum absolute atomic E-state index is 11.7. The molecule has 2 aliphatic heterocycles. The lowest BCUT2D eigenvalue weighted by atomic mass is 9.97. The monoisotopic (exact) mass is 589 g/mol. The van der Waals surface area contributed by atoms with Gasteiger partial charge in [-0.25, -0.2) is 0 Å². The molecule has 1 radical (unpaired) electrons. The standard InChI is InChI=1S/C18H26BrO13.C2H4O2/c1-7(21)27-5-11-16(15(30-9(3)23)12(6-28-11)29-8(2)22)32-18(19)17(26)14(25)13(24)10(4-20)31-18;1-2(3)4/h6,10-17,20,24-26H,4-5H2,1-3H3;1H3,(H,3,4)/t10-,11-,12+,13-,14+,15-,16-,17-,18+;/m1./s1. The van der Waals surface area contributed by atoms with E-state index in [9.17, 15) is 34.8 Å². The lowest BCUT2D eigenvalue weighted by Crippen LogP contribution is -2.67. The topological polar surface area (TPSA) is 225 Å². The number of esters is 3. The Hall–Kier alpha value is -1.92. The van der Waals surface area contributed by atoms with Crippen LogP contribution in [0.15, 0.2) is 0 Å². The summed E-state index contributed by atoms with van der Waals surface area (Å²) in [7, 11) is 0. The molecule has 0 amide bonds. The minimum absolute atomic E-state index is 0.394. The molecule has 0 bridgehead atoms. The molecular weight excluding hydrogens is 560 g/mol. The third-order valence-electron chi connectivity index (χ3n) is 4.65. The van der Waals surface area contributed by atoms with Gasteiger partial charge in [-0.2, -0.15) is 0 Å². The van der Waals surface area contributed by atoms with Crippen LogP contribution in [0.3, 0.4) is 0 Å². The quantitative estimate of drug-likeness (QED) is 0.122. The molecule has 2 aliphatic rings. The molecule has 207 valence electrons. The molecule has 0 saturated carbocycles. The highest BCUT2D eigenvalue weighted by atomic mass is 79.9. The number of hydrogen-bond acceptors (Lipinski definition) is 14. The number of halogens is 1. The number of carboxylic acid groups (broad SMARTS) is 1. The van der Waals surface area contributed by atoms with E-state index in [-0.39, 0.29) is 0 Å². The van der Waals surface area contributed by atoms with E-state index in [1.165, 1.54) is 0 Å². The largest absolute Gasteiger partial charge is 0.481 e. The molecule has 0 aliphatic carbocycles. The molecule has 0 unspecified atom stereocenters. The summed E-state index contributed by atoms with van der Waals surface area (Å²) < 4.78 is 29.8. The van der Waals surface area contributed by atoms with Crippen molar-refractivity contribution in [1.82, 2.24) is 0 Å². The van der Waals surface area contributed by atoms with Crippen LogP contribution in [-0.4, -0.2) is 116 Å². The van der Waals surface area contributed by atoms with E-state index >= 15 is 0 Å². The molecule has 15 nitrogen and oxygen atoms in total. The number of aliphatic hydroxyl groups is 4. The minimum Gasteiger partial charge on any atom is -0.481 e. The molecule has 36 heavy (non-hydrogen) atoms. The van der Waals surface area contributed by atoms with Gasteiger partial charge in [0.1, 0.15) is 49.8 Å². The maximum Gasteiger partial charge on any atom is 0.303 e. The lowest BCUT2D eigenvalue weighted by molar-refractivity contribution is -0.348. The Morgan fingerprint density at radius 1 is 0.917 bits per heavy atom. The van der Waals surface area contributed by atoms with E-state index in [0.29, 0.717) is 0 Å². The van der Waals surface area contributed by atoms with Crippen molar-refractivity contribution in [3.63, 3.8) is 0 Å². The first-order valence-corrected chi connectivity index (χ1v) is 11.3. The first-order valence-electron chi connectivity index (χ1n) is 10.5. The van der Waals surface area contributed by atoms with Crippen molar-refractivity contribution >= 4 is 39.8 Å². The second kappa shape index (κ2) is 14.1. The van der Waals surface area contributed by atoms with Crippen LogP contribution in [0.5, 0.6) is 0 Å². The highest BCUT2D eigenvalue weighted by Crippen LogP contribution is 2.40. The normalized spacial score (nSPS) is 36.0. The summed E-state index contributed by atoms with van der Waals surface area (Å²) in [4.78, 5) is 43.5. The second-order valence-electron chi connectivity index (χ2n) is 7.71. The van der Waals surface area contributed by atoms with Crippen molar-refractivity contribution in [3.8, 4) is 0 Å². The van der Waals surface area contributed by atoms with Crippen molar-refractivity contribution in [2.24, 2.45) is 0 Å². The van der Waals surface area contributed by atoms with Gasteiger partial charge in [0.05, 0.1) is 6.61 Å². The van der Waals surface area contributed by atoms with Crippen molar-refractivity contribution in [1.29, 1.82) is 0 Å². The van der Waals surface area contributed by atoms with Crippen molar-refractivity contribution < 1.29 is 73.1 Å².